The lowest BCUT2D eigenvalue weighted by Crippen LogP contribution is -1.95. The Morgan fingerprint density at radius 3 is 2.43 bits per heavy atom. The maximum absolute atomic E-state index is 2.32. The van der Waals surface area contributed by atoms with Crippen molar-refractivity contribution in [2.24, 2.45) is 0 Å². The van der Waals surface area contributed by atoms with Crippen molar-refractivity contribution in [1.29, 1.82) is 0 Å². The Balaban J connectivity index is 2.18. The van der Waals surface area contributed by atoms with Gasteiger partial charge in [-0.2, -0.15) is 0 Å². The zero-order valence-electron chi connectivity index (χ0n) is 8.83. The molecule has 0 N–H and O–H groups in total. The normalized spacial score (nSPS) is 17.6. The van der Waals surface area contributed by atoms with Crippen LogP contribution in [-0.2, 0) is 0 Å². The van der Waals surface area contributed by atoms with Gasteiger partial charge in [-0.05, 0) is 18.9 Å². The van der Waals surface area contributed by atoms with Crippen molar-refractivity contribution < 1.29 is 0 Å². The van der Waals surface area contributed by atoms with Crippen molar-refractivity contribution >= 4 is 0 Å². The maximum Gasteiger partial charge on any atom is 0.00261 e. The van der Waals surface area contributed by atoms with E-state index in [0.717, 1.165) is 6.42 Å². The number of hydrogen-bond donors (Lipinski definition) is 0. The molecular formula is C14H16. The molecule has 0 nitrogen and oxygen atoms in total. The fraction of sp³-hybridized carbons (Fsp3) is 0.286. The zero-order chi connectivity index (χ0) is 9.97. The third-order valence-electron chi connectivity index (χ3n) is 2.93. The van der Waals surface area contributed by atoms with E-state index >= 15 is 0 Å². The number of allylic oxidation sites excluding steroid dienone is 4. The van der Waals surface area contributed by atoms with Gasteiger partial charge in [-0.3, -0.25) is 0 Å². The number of rotatable bonds is 2. The highest BCUT2D eigenvalue weighted by atomic mass is 14.2. The summed E-state index contributed by atoms with van der Waals surface area (Å²) in [6.07, 6.45) is 5.74. The van der Waals surface area contributed by atoms with Gasteiger partial charge in [0.2, 0.25) is 0 Å². The molecule has 0 heteroatoms. The molecule has 0 saturated carbocycles. The van der Waals surface area contributed by atoms with E-state index in [9.17, 15) is 0 Å². The maximum atomic E-state index is 2.32. The second-order valence-electron chi connectivity index (χ2n) is 4.00. The van der Waals surface area contributed by atoms with Gasteiger partial charge in [-0.25, -0.2) is 0 Å². The molecule has 0 heterocycles. The largest absolute Gasteiger partial charge is 0.0775 e. The highest BCUT2D eigenvalue weighted by molar-refractivity contribution is 5.38. The van der Waals surface area contributed by atoms with Crippen molar-refractivity contribution in [2.75, 3.05) is 0 Å². The molecule has 1 aliphatic carbocycles. The minimum Gasteiger partial charge on any atom is -0.0775 e. The van der Waals surface area contributed by atoms with Gasteiger partial charge in [0.25, 0.3) is 0 Å². The molecule has 1 aromatic carbocycles. The van der Waals surface area contributed by atoms with Crippen molar-refractivity contribution in [2.45, 2.75) is 26.2 Å². The lowest BCUT2D eigenvalue weighted by Gasteiger charge is -2.12. The second kappa shape index (κ2) is 3.83. The fourth-order valence-electron chi connectivity index (χ4n) is 1.95. The minimum atomic E-state index is 0.560. The SMILES string of the molecule is CC1=CCC(C(C)c2ccccc2)=C1. The van der Waals surface area contributed by atoms with Crippen LogP contribution in [0.3, 0.4) is 0 Å². The smallest absolute Gasteiger partial charge is 0.00261 e. The highest BCUT2D eigenvalue weighted by Gasteiger charge is 2.12. The van der Waals surface area contributed by atoms with Crippen LogP contribution in [-0.4, -0.2) is 0 Å². The predicted octanol–water partition coefficient (Wildman–Crippen LogP) is 4.07. The molecule has 0 spiro atoms. The van der Waals surface area contributed by atoms with E-state index in [-0.39, 0.29) is 0 Å². The van der Waals surface area contributed by atoms with Crippen LogP contribution >= 0.6 is 0 Å². The van der Waals surface area contributed by atoms with E-state index in [1.807, 2.05) is 0 Å². The van der Waals surface area contributed by atoms with Crippen LogP contribution < -0.4 is 0 Å². The van der Waals surface area contributed by atoms with E-state index in [1.54, 1.807) is 0 Å². The molecule has 0 fully saturated rings. The van der Waals surface area contributed by atoms with Crippen LogP contribution in [0, 0.1) is 0 Å². The van der Waals surface area contributed by atoms with Gasteiger partial charge in [-0.1, -0.05) is 60.6 Å². The van der Waals surface area contributed by atoms with Crippen molar-refractivity contribution in [3.8, 4) is 0 Å². The lowest BCUT2D eigenvalue weighted by molar-refractivity contribution is 0.871. The summed E-state index contributed by atoms with van der Waals surface area (Å²) in [6, 6.07) is 10.7. The summed E-state index contributed by atoms with van der Waals surface area (Å²) in [7, 11) is 0. The van der Waals surface area contributed by atoms with Gasteiger partial charge >= 0.3 is 0 Å². The highest BCUT2D eigenvalue weighted by Crippen LogP contribution is 2.30. The summed E-state index contributed by atoms with van der Waals surface area (Å²) >= 11 is 0. The predicted molar refractivity (Wildman–Crippen MR) is 61.3 cm³/mol. The number of benzene rings is 1. The summed E-state index contributed by atoms with van der Waals surface area (Å²) in [4.78, 5) is 0. The van der Waals surface area contributed by atoms with Crippen LogP contribution in [0.5, 0.6) is 0 Å². The lowest BCUT2D eigenvalue weighted by atomic mass is 9.92. The first-order valence-electron chi connectivity index (χ1n) is 5.19. The molecule has 1 atom stereocenters. The molecule has 0 amide bonds. The Labute approximate surface area is 86.0 Å². The molecule has 72 valence electrons. The molecule has 2 rings (SSSR count). The van der Waals surface area contributed by atoms with Gasteiger partial charge in [-0.15, -0.1) is 0 Å². The summed E-state index contributed by atoms with van der Waals surface area (Å²) in [5.74, 6) is 0.560. The average Bonchev–Trinajstić information content (AvgIpc) is 2.65. The van der Waals surface area contributed by atoms with E-state index in [1.165, 1.54) is 16.7 Å². The fourth-order valence-corrected chi connectivity index (χ4v) is 1.95. The first-order valence-corrected chi connectivity index (χ1v) is 5.19. The molecule has 14 heavy (non-hydrogen) atoms. The van der Waals surface area contributed by atoms with Crippen LogP contribution in [0.1, 0.15) is 31.7 Å². The Kier molecular flexibility index (Phi) is 2.53. The molecular weight excluding hydrogens is 168 g/mol. The minimum absolute atomic E-state index is 0.560. The van der Waals surface area contributed by atoms with Gasteiger partial charge in [0.05, 0.1) is 0 Å². The average molecular weight is 184 g/mol. The summed E-state index contributed by atoms with van der Waals surface area (Å²) in [5, 5.41) is 0. The third kappa shape index (κ3) is 1.79. The van der Waals surface area contributed by atoms with Gasteiger partial charge in [0.15, 0.2) is 0 Å². The summed E-state index contributed by atoms with van der Waals surface area (Å²) in [5.41, 5.74) is 4.36. The van der Waals surface area contributed by atoms with Crippen LogP contribution in [0.25, 0.3) is 0 Å². The van der Waals surface area contributed by atoms with Crippen molar-refractivity contribution in [1.82, 2.24) is 0 Å². The molecule has 1 aliphatic rings. The van der Waals surface area contributed by atoms with Crippen LogP contribution in [0.4, 0.5) is 0 Å². The zero-order valence-corrected chi connectivity index (χ0v) is 8.83. The Bertz CT molecular complexity index is 368. The van der Waals surface area contributed by atoms with Gasteiger partial charge in [0, 0.05) is 5.92 Å². The van der Waals surface area contributed by atoms with E-state index in [4.69, 9.17) is 0 Å². The summed E-state index contributed by atoms with van der Waals surface area (Å²) in [6.45, 7) is 4.46. The Hall–Kier alpha value is -1.30. The Morgan fingerprint density at radius 2 is 1.86 bits per heavy atom. The third-order valence-corrected chi connectivity index (χ3v) is 2.93. The molecule has 1 unspecified atom stereocenters. The molecule has 0 bridgehead atoms. The van der Waals surface area contributed by atoms with Gasteiger partial charge < -0.3 is 0 Å². The van der Waals surface area contributed by atoms with E-state index in [2.05, 4.69) is 56.3 Å². The monoisotopic (exact) mass is 184 g/mol. The molecule has 1 aromatic rings. The standard InChI is InChI=1S/C14H16/c1-11-8-9-14(10-11)12(2)13-6-4-3-5-7-13/h3-8,10,12H,9H2,1-2H3. The van der Waals surface area contributed by atoms with Gasteiger partial charge in [0.1, 0.15) is 0 Å². The van der Waals surface area contributed by atoms with E-state index < -0.39 is 0 Å². The quantitative estimate of drug-likeness (QED) is 0.650. The number of hydrogen-bond acceptors (Lipinski definition) is 0. The topological polar surface area (TPSA) is 0 Å². The first kappa shape index (κ1) is 9.26. The first-order chi connectivity index (χ1) is 6.77. The van der Waals surface area contributed by atoms with Crippen molar-refractivity contribution in [3.05, 3.63) is 59.2 Å². The molecule has 0 aliphatic heterocycles. The van der Waals surface area contributed by atoms with E-state index in [0.29, 0.717) is 5.92 Å². The molecule has 0 saturated heterocycles. The molecule has 0 radical (unpaired) electrons. The summed E-state index contributed by atoms with van der Waals surface area (Å²) < 4.78 is 0. The van der Waals surface area contributed by atoms with Crippen LogP contribution in [0.2, 0.25) is 0 Å². The van der Waals surface area contributed by atoms with Crippen molar-refractivity contribution in [3.63, 3.8) is 0 Å². The molecule has 0 aromatic heterocycles. The second-order valence-corrected chi connectivity index (χ2v) is 4.00. The Morgan fingerprint density at radius 1 is 1.14 bits per heavy atom. The van der Waals surface area contributed by atoms with Crippen LogP contribution in [0.15, 0.2) is 53.6 Å².